The summed E-state index contributed by atoms with van der Waals surface area (Å²) in [6.07, 6.45) is 0. The molecule has 4 nitrogen and oxygen atoms in total. The molecule has 1 unspecified atom stereocenters. The van der Waals surface area contributed by atoms with Crippen LogP contribution in [0.1, 0.15) is 17.5 Å². The molecule has 134 valence electrons. The predicted octanol–water partition coefficient (Wildman–Crippen LogP) is 6.24. The van der Waals surface area contributed by atoms with Gasteiger partial charge in [0.2, 0.25) is 11.8 Å². The van der Waals surface area contributed by atoms with E-state index in [1.165, 1.54) is 0 Å². The quantitative estimate of drug-likeness (QED) is 0.434. The van der Waals surface area contributed by atoms with Gasteiger partial charge in [0.15, 0.2) is 0 Å². The maximum atomic E-state index is 6.19. The zero-order chi connectivity index (χ0) is 18.6. The van der Waals surface area contributed by atoms with Crippen molar-refractivity contribution in [2.45, 2.75) is 6.04 Å². The Labute approximate surface area is 166 Å². The first kappa shape index (κ1) is 17.6. The summed E-state index contributed by atoms with van der Waals surface area (Å²) < 4.78 is 5.97. The molecule has 0 saturated heterocycles. The van der Waals surface area contributed by atoms with Crippen LogP contribution in [0, 0.1) is 0 Å². The highest BCUT2D eigenvalue weighted by Gasteiger charge is 2.22. The molecule has 4 aromatic rings. The number of nitrogens with zero attached hydrogens (tertiary/aromatic N) is 2. The van der Waals surface area contributed by atoms with Gasteiger partial charge in [-0.1, -0.05) is 59.6 Å². The minimum Gasteiger partial charge on any atom is -0.418 e. The normalized spacial score (nSPS) is 11.9. The number of anilines is 1. The predicted molar refractivity (Wildman–Crippen MR) is 108 cm³/mol. The second-order valence-corrected chi connectivity index (χ2v) is 6.83. The lowest BCUT2D eigenvalue weighted by Crippen LogP contribution is -2.13. The maximum absolute atomic E-state index is 6.19. The van der Waals surface area contributed by atoms with Crippen LogP contribution in [0.2, 0.25) is 10.0 Å². The van der Waals surface area contributed by atoms with Gasteiger partial charge in [-0.05, 0) is 48.0 Å². The lowest BCUT2D eigenvalue weighted by atomic mass is 10.1. The van der Waals surface area contributed by atoms with Gasteiger partial charge in [-0.2, -0.15) is 0 Å². The van der Waals surface area contributed by atoms with E-state index in [2.05, 4.69) is 15.5 Å². The Morgan fingerprint density at radius 1 is 0.778 bits per heavy atom. The van der Waals surface area contributed by atoms with Crippen molar-refractivity contribution < 1.29 is 4.42 Å². The first-order valence-electron chi connectivity index (χ1n) is 8.35. The van der Waals surface area contributed by atoms with Gasteiger partial charge in [0.25, 0.3) is 0 Å². The van der Waals surface area contributed by atoms with E-state index in [-0.39, 0.29) is 6.04 Å². The van der Waals surface area contributed by atoms with E-state index in [0.717, 1.165) is 16.8 Å². The molecule has 0 spiro atoms. The lowest BCUT2D eigenvalue weighted by Gasteiger charge is -2.17. The van der Waals surface area contributed by atoms with Gasteiger partial charge in [-0.15, -0.1) is 10.2 Å². The third kappa shape index (κ3) is 4.13. The van der Waals surface area contributed by atoms with E-state index < -0.39 is 0 Å². The van der Waals surface area contributed by atoms with Crippen LogP contribution < -0.4 is 5.32 Å². The molecule has 3 aromatic carbocycles. The maximum Gasteiger partial charge on any atom is 0.247 e. The molecule has 0 aliphatic rings. The second-order valence-electron chi connectivity index (χ2n) is 5.95. The number of rotatable bonds is 5. The molecule has 0 aliphatic heterocycles. The van der Waals surface area contributed by atoms with Crippen molar-refractivity contribution in [1.29, 1.82) is 0 Å². The van der Waals surface area contributed by atoms with Crippen LogP contribution in [0.5, 0.6) is 0 Å². The van der Waals surface area contributed by atoms with Crippen molar-refractivity contribution in [2.24, 2.45) is 0 Å². The molecule has 4 rings (SSSR count). The first-order chi connectivity index (χ1) is 13.2. The van der Waals surface area contributed by atoms with Gasteiger partial charge < -0.3 is 9.73 Å². The molecule has 1 atom stereocenters. The summed E-state index contributed by atoms with van der Waals surface area (Å²) in [5.74, 6) is 0.904. The summed E-state index contributed by atoms with van der Waals surface area (Å²) in [4.78, 5) is 0. The van der Waals surface area contributed by atoms with Crippen LogP contribution in [-0.4, -0.2) is 10.2 Å². The highest BCUT2D eigenvalue weighted by molar-refractivity contribution is 6.31. The summed E-state index contributed by atoms with van der Waals surface area (Å²) in [7, 11) is 0. The summed E-state index contributed by atoms with van der Waals surface area (Å²) in [5, 5.41) is 13.1. The Kier molecular flexibility index (Phi) is 5.10. The molecule has 0 saturated carbocycles. The Morgan fingerprint density at radius 2 is 1.52 bits per heavy atom. The first-order valence-corrected chi connectivity index (χ1v) is 9.11. The molecular formula is C21H15Cl2N3O. The zero-order valence-corrected chi connectivity index (χ0v) is 15.7. The number of benzene rings is 3. The van der Waals surface area contributed by atoms with E-state index in [0.29, 0.717) is 21.8 Å². The Bertz CT molecular complexity index is 1050. The van der Waals surface area contributed by atoms with Crippen LogP contribution in [-0.2, 0) is 0 Å². The summed E-state index contributed by atoms with van der Waals surface area (Å²) >= 11 is 12.3. The molecule has 0 radical (unpaired) electrons. The van der Waals surface area contributed by atoms with E-state index in [4.69, 9.17) is 27.6 Å². The van der Waals surface area contributed by atoms with E-state index in [1.807, 2.05) is 78.9 Å². The number of halogens is 2. The van der Waals surface area contributed by atoms with E-state index >= 15 is 0 Å². The molecule has 1 N–H and O–H groups in total. The van der Waals surface area contributed by atoms with Gasteiger partial charge in [-0.25, -0.2) is 0 Å². The second kappa shape index (κ2) is 7.82. The Balaban J connectivity index is 1.73. The Hall–Kier alpha value is -2.82. The lowest BCUT2D eigenvalue weighted by molar-refractivity contribution is 0.494. The van der Waals surface area contributed by atoms with Crippen LogP contribution in [0.3, 0.4) is 0 Å². The molecule has 0 fully saturated rings. The zero-order valence-electron chi connectivity index (χ0n) is 14.1. The van der Waals surface area contributed by atoms with Crippen molar-refractivity contribution in [2.75, 3.05) is 5.32 Å². The molecule has 27 heavy (non-hydrogen) atoms. The average Bonchev–Trinajstić information content (AvgIpc) is 3.17. The van der Waals surface area contributed by atoms with Gasteiger partial charge in [0.05, 0.1) is 0 Å². The molecule has 1 heterocycles. The van der Waals surface area contributed by atoms with Gasteiger partial charge >= 0.3 is 0 Å². The minimum atomic E-state index is -0.368. The van der Waals surface area contributed by atoms with Crippen LogP contribution in [0.25, 0.3) is 11.5 Å². The van der Waals surface area contributed by atoms with Crippen LogP contribution in [0.4, 0.5) is 5.69 Å². The van der Waals surface area contributed by atoms with Crippen molar-refractivity contribution in [3.8, 4) is 11.5 Å². The highest BCUT2D eigenvalue weighted by Crippen LogP contribution is 2.30. The minimum absolute atomic E-state index is 0.368. The average molecular weight is 396 g/mol. The van der Waals surface area contributed by atoms with E-state index in [9.17, 15) is 0 Å². The van der Waals surface area contributed by atoms with Gasteiger partial charge in [0, 0.05) is 21.3 Å². The van der Waals surface area contributed by atoms with E-state index in [1.54, 1.807) is 0 Å². The van der Waals surface area contributed by atoms with Crippen LogP contribution in [0.15, 0.2) is 83.3 Å². The molecule has 0 amide bonds. The summed E-state index contributed by atoms with van der Waals surface area (Å²) in [6.45, 7) is 0. The highest BCUT2D eigenvalue weighted by atomic mass is 35.5. The monoisotopic (exact) mass is 395 g/mol. The molecule has 1 aromatic heterocycles. The number of hydrogen-bond acceptors (Lipinski definition) is 4. The number of nitrogens with one attached hydrogen (secondary N) is 1. The third-order valence-electron chi connectivity index (χ3n) is 4.03. The third-order valence-corrected chi connectivity index (χ3v) is 4.50. The largest absolute Gasteiger partial charge is 0.418 e. The fourth-order valence-corrected chi connectivity index (χ4v) is 3.16. The van der Waals surface area contributed by atoms with Crippen molar-refractivity contribution in [3.05, 3.63) is 100 Å². The molecule has 0 bridgehead atoms. The fraction of sp³-hybridized carbons (Fsp3) is 0.0476. The number of hydrogen-bond donors (Lipinski definition) is 1. The summed E-state index contributed by atoms with van der Waals surface area (Å²) in [6, 6.07) is 24.3. The van der Waals surface area contributed by atoms with Crippen molar-refractivity contribution in [3.63, 3.8) is 0 Å². The number of aromatic nitrogens is 2. The standard InChI is InChI=1S/C21H15Cl2N3O/c22-16-9-4-8-15(12-16)19(24-18-11-5-10-17(23)13-18)21-26-25-20(27-21)14-6-2-1-3-7-14/h1-13,19,24H. The fourth-order valence-electron chi connectivity index (χ4n) is 2.77. The molecule has 0 aliphatic carbocycles. The summed E-state index contributed by atoms with van der Waals surface area (Å²) in [5.41, 5.74) is 2.61. The Morgan fingerprint density at radius 3 is 2.26 bits per heavy atom. The topological polar surface area (TPSA) is 51.0 Å². The smallest absolute Gasteiger partial charge is 0.247 e. The van der Waals surface area contributed by atoms with Gasteiger partial charge in [0.1, 0.15) is 6.04 Å². The van der Waals surface area contributed by atoms with Gasteiger partial charge in [-0.3, -0.25) is 0 Å². The molecular weight excluding hydrogens is 381 g/mol. The van der Waals surface area contributed by atoms with Crippen molar-refractivity contribution in [1.82, 2.24) is 10.2 Å². The van der Waals surface area contributed by atoms with Crippen molar-refractivity contribution >= 4 is 28.9 Å². The van der Waals surface area contributed by atoms with Crippen LogP contribution >= 0.6 is 23.2 Å². The SMILES string of the molecule is Clc1cccc(NC(c2cccc(Cl)c2)c2nnc(-c3ccccc3)o2)c1. The molecule has 6 heteroatoms.